The number of hydrogen-bond acceptors (Lipinski definition) is 7. The molecule has 2 unspecified atom stereocenters. The maximum atomic E-state index is 14.2. The van der Waals surface area contributed by atoms with Crippen LogP contribution in [0.3, 0.4) is 0 Å². The molecule has 2 aliphatic rings. The summed E-state index contributed by atoms with van der Waals surface area (Å²) in [5.41, 5.74) is 32.1. The molecular formula is C82H90F6O6S2. The molecule has 9 aromatic rings. The summed E-state index contributed by atoms with van der Waals surface area (Å²) < 4.78 is 122. The average Bonchev–Trinajstić information content (AvgIpc) is 1.63. The molecule has 0 amide bonds. The molecule has 508 valence electrons. The molecule has 6 nitrogen and oxygen atoms in total. The van der Waals surface area contributed by atoms with Gasteiger partial charge in [0, 0.05) is 26.1 Å². The van der Waals surface area contributed by atoms with Gasteiger partial charge in [0.25, 0.3) is 12.3 Å². The van der Waals surface area contributed by atoms with E-state index in [1.807, 2.05) is 36.4 Å². The zero-order valence-electron chi connectivity index (χ0n) is 53.6. The molecule has 14 heteroatoms. The molecule has 0 saturated heterocycles. The lowest BCUT2D eigenvalue weighted by Crippen LogP contribution is -2.28. The molecule has 96 heavy (non-hydrogen) atoms. The number of unbranched alkanes of at least 4 members (excludes halogenated alkanes) is 9. The van der Waals surface area contributed by atoms with E-state index in [4.69, 9.17) is 8.37 Å². The molecule has 0 aromatic heterocycles. The third-order valence-electron chi connectivity index (χ3n) is 17.9. The van der Waals surface area contributed by atoms with E-state index in [0.717, 1.165) is 163 Å². The smallest absolute Gasteiger partial charge is 0.399 e. The molecular weight excluding hydrogens is 1260 g/mol. The maximum absolute atomic E-state index is 14.2. The van der Waals surface area contributed by atoms with Crippen molar-refractivity contribution < 1.29 is 66.6 Å². The molecule has 0 bridgehead atoms. The Morgan fingerprint density at radius 1 is 0.500 bits per heavy atom. The maximum Gasteiger partial charge on any atom is 0.550 e. The number of aryl methyl sites for hydroxylation is 3. The van der Waals surface area contributed by atoms with Gasteiger partial charge in [-0.3, -0.25) is 0 Å². The number of benzene rings is 9. The van der Waals surface area contributed by atoms with Gasteiger partial charge >= 0.3 is 22.0 Å². The molecule has 2 atom stereocenters. The van der Waals surface area contributed by atoms with Crippen LogP contribution in [0.4, 0.5) is 26.3 Å². The first kappa shape index (κ1) is 68.3. The van der Waals surface area contributed by atoms with Crippen LogP contribution >= 0.6 is 12.3 Å². The number of alkyl halides is 6. The zero-order valence-corrected chi connectivity index (χ0v) is 55.2. The van der Waals surface area contributed by atoms with Gasteiger partial charge in [0.05, 0.1) is 0 Å². The van der Waals surface area contributed by atoms with Crippen LogP contribution in [0.2, 0.25) is 0 Å². The topological polar surface area (TPSA) is 71.1 Å². The lowest BCUT2D eigenvalue weighted by molar-refractivity contribution is -0.441. The summed E-state index contributed by atoms with van der Waals surface area (Å²) in [5.74, 6) is -1.40. The Morgan fingerprint density at radius 2 is 0.938 bits per heavy atom. The van der Waals surface area contributed by atoms with Crippen molar-refractivity contribution in [2.45, 2.75) is 141 Å². The van der Waals surface area contributed by atoms with E-state index in [9.17, 15) is 34.8 Å². The summed E-state index contributed by atoms with van der Waals surface area (Å²) in [7, 11) is -6.05. The van der Waals surface area contributed by atoms with Crippen LogP contribution in [-0.4, -0.2) is 20.3 Å². The highest BCUT2D eigenvalue weighted by molar-refractivity contribution is 7.90. The fraction of sp³-hybridized carbons (Fsp3) is 0.268. The van der Waals surface area contributed by atoms with Crippen LogP contribution in [0, 0.1) is 0 Å². The van der Waals surface area contributed by atoms with Crippen molar-refractivity contribution in [1.29, 1.82) is 0 Å². The van der Waals surface area contributed by atoms with E-state index in [2.05, 4.69) is 179 Å². The van der Waals surface area contributed by atoms with E-state index in [1.165, 1.54) is 61.8 Å². The third kappa shape index (κ3) is 15.4. The minimum Gasteiger partial charge on any atom is -0.399 e. The van der Waals surface area contributed by atoms with E-state index >= 15 is 0 Å². The van der Waals surface area contributed by atoms with Gasteiger partial charge in [-0.2, -0.15) is 21.6 Å². The lowest BCUT2D eigenvalue weighted by atomic mass is 9.76. The van der Waals surface area contributed by atoms with Crippen molar-refractivity contribution in [2.24, 2.45) is 0 Å². The quantitative estimate of drug-likeness (QED) is 0.00616. The third-order valence-corrected chi connectivity index (χ3v) is 19.2. The van der Waals surface area contributed by atoms with Gasteiger partial charge in [-0.05, 0) is 232 Å². The molecule has 0 fully saturated rings. The summed E-state index contributed by atoms with van der Waals surface area (Å²) in [5, 5.41) is 3.65. The normalized spacial score (nSPS) is 13.6. The monoisotopic (exact) mass is 1350 g/mol. The molecule has 0 radical (unpaired) electrons. The van der Waals surface area contributed by atoms with Gasteiger partial charge in [0.1, 0.15) is 11.5 Å². The Bertz CT molecular complexity index is 4840. The number of halogens is 6. The molecule has 9 aromatic carbocycles. The second-order valence-corrected chi connectivity index (χ2v) is 26.2. The molecule has 0 aliphatic heterocycles. The fourth-order valence-electron chi connectivity index (χ4n) is 13.5. The number of fused-ring (bicyclic) bond motifs is 10. The Hall–Kier alpha value is -9.12. The van der Waals surface area contributed by atoms with Crippen molar-refractivity contribution in [3.63, 3.8) is 0 Å². The SMILES string of the molecule is C=C=C=C=C=C=C=C=C=Cc1ccc(C2c3cc(OSOOC(F)(F)F)ccc3-c3ccc4c(-c5ccc(CCCC)cc5)c5c6c(ccc5c(-c5ccc(CCCC)cc5)c4c32)-c2ccc(OS(=O)(=O)C(F)(F)F)cc2C6c2ccc(CCCCCCCCCC)cc2)cc1.[HH].[HH].[HH].[HH].[HH].[HH].[HH].[HH].[HH].[HH]. The molecule has 0 saturated carbocycles. The first-order valence-corrected chi connectivity index (χ1v) is 34.7. The minimum absolute atomic E-state index is 0. The predicted octanol–water partition coefficient (Wildman–Crippen LogP) is 26.0. The van der Waals surface area contributed by atoms with Crippen LogP contribution in [0.25, 0.3) is 72.1 Å². The standard InChI is InChI=1S/C82H70F6O6S2.10H2/c1-5-9-13-15-17-19-21-23-27-57-33-41-61(42-34-57)75-71-53-63(91-95-94-93-81(83,84)85)45-47-65(71)67-49-51-69-74(60-39-31-56(32-40-60)26-12-8-4)80-70(73(79(69)77(67)75)59-37-29-55(30-38-59)25-11-7-3)52-50-68-66-48-46-64(92-96(89,90)82(86,87)88)54-72(66)76(78(68)80)62-43-35-58(36-44-62)28-24-22-20-18-16-14-10-6-2;;;;;;;;;;/h27,29-54,75-76H,1,6-8,10-12,14,16,18,20,22,24-26,28H2,2-4H3;10*1H. The lowest BCUT2D eigenvalue weighted by Gasteiger charge is -2.26. The van der Waals surface area contributed by atoms with Gasteiger partial charge in [-0.15, -0.1) is 22.4 Å². The first-order chi connectivity index (χ1) is 46.5. The van der Waals surface area contributed by atoms with Gasteiger partial charge in [0.15, 0.2) is 0 Å². The van der Waals surface area contributed by atoms with Gasteiger partial charge in [0.2, 0.25) is 0 Å². The van der Waals surface area contributed by atoms with Gasteiger partial charge in [-0.25, -0.2) is 0 Å². The average molecular weight is 1350 g/mol. The predicted molar refractivity (Wildman–Crippen MR) is 393 cm³/mol. The van der Waals surface area contributed by atoms with Crippen molar-refractivity contribution in [2.75, 3.05) is 0 Å². The highest BCUT2D eigenvalue weighted by atomic mass is 32.2. The fourth-order valence-corrected chi connectivity index (χ4v) is 14.2. The van der Waals surface area contributed by atoms with Crippen LogP contribution in [-0.2, 0) is 38.6 Å². The number of hydrogen-bond donors (Lipinski definition) is 0. The van der Waals surface area contributed by atoms with Crippen molar-refractivity contribution in [1.82, 2.24) is 0 Å². The number of rotatable bonds is 26. The summed E-state index contributed by atoms with van der Waals surface area (Å²) in [4.78, 5) is 3.58. The van der Waals surface area contributed by atoms with Crippen LogP contribution in [0.15, 0.2) is 210 Å². The summed E-state index contributed by atoms with van der Waals surface area (Å²) in [6, 6.07) is 52.3. The van der Waals surface area contributed by atoms with Crippen LogP contribution < -0.4 is 8.37 Å². The molecule has 0 heterocycles. The highest BCUT2D eigenvalue weighted by Gasteiger charge is 2.49. The molecule has 2 aliphatic carbocycles. The molecule has 0 N–H and O–H groups in total. The van der Waals surface area contributed by atoms with Crippen molar-refractivity contribution >= 4 is 50.1 Å². The second kappa shape index (κ2) is 30.7. The highest BCUT2D eigenvalue weighted by Crippen LogP contribution is 2.60. The Morgan fingerprint density at radius 3 is 1.44 bits per heavy atom. The Balaban J connectivity index is 0.00000562. The minimum atomic E-state index is -6.05. The Labute approximate surface area is 576 Å². The van der Waals surface area contributed by atoms with Crippen molar-refractivity contribution in [3.8, 4) is 56.0 Å². The van der Waals surface area contributed by atoms with E-state index in [-0.39, 0.29) is 32.3 Å². The summed E-state index contributed by atoms with van der Waals surface area (Å²) in [6.45, 7) is 10.00. The zero-order chi connectivity index (χ0) is 67.4. The van der Waals surface area contributed by atoms with Gasteiger partial charge in [-0.1, -0.05) is 223 Å². The van der Waals surface area contributed by atoms with E-state index < -0.39 is 39.6 Å². The summed E-state index contributed by atoms with van der Waals surface area (Å²) >= 11 is 0.0431. The van der Waals surface area contributed by atoms with Crippen molar-refractivity contribution in [3.05, 3.63) is 266 Å². The van der Waals surface area contributed by atoms with E-state index in [0.29, 0.717) is 5.56 Å². The van der Waals surface area contributed by atoms with E-state index in [1.54, 1.807) is 18.2 Å². The Kier molecular flexibility index (Phi) is 21.9. The van der Waals surface area contributed by atoms with Crippen LogP contribution in [0.5, 0.6) is 11.5 Å². The van der Waals surface area contributed by atoms with Gasteiger partial charge < -0.3 is 8.37 Å². The van der Waals surface area contributed by atoms with Crippen LogP contribution in [0.1, 0.15) is 180 Å². The summed E-state index contributed by atoms with van der Waals surface area (Å²) in [6.07, 6.45) is 12.8. The molecule has 11 rings (SSSR count). The second-order valence-electron chi connectivity index (χ2n) is 24.2. The molecule has 0 spiro atoms. The first-order valence-electron chi connectivity index (χ1n) is 32.6. The largest absolute Gasteiger partial charge is 0.550 e.